The standard InChI is InChI=1S/C16H16N4OS/c1-10(2)11-4-6-12(7-5-11)15-13(8-17)20-16(18-15)22-14(19-20)9-21-3/h4-7,10H,9H2,1-3H3. The molecule has 1 aromatic carbocycles. The van der Waals surface area contributed by atoms with Gasteiger partial charge in [0.2, 0.25) is 4.96 Å². The van der Waals surface area contributed by atoms with Crippen LogP contribution in [0.3, 0.4) is 0 Å². The highest BCUT2D eigenvalue weighted by molar-refractivity contribution is 7.16. The van der Waals surface area contributed by atoms with Gasteiger partial charge in [0.25, 0.3) is 0 Å². The molecule has 3 rings (SSSR count). The van der Waals surface area contributed by atoms with Crippen molar-refractivity contribution < 1.29 is 4.74 Å². The van der Waals surface area contributed by atoms with Crippen LogP contribution in [-0.2, 0) is 11.3 Å². The third-order valence-corrected chi connectivity index (χ3v) is 4.35. The lowest BCUT2D eigenvalue weighted by Gasteiger charge is -2.05. The Morgan fingerprint density at radius 1 is 1.32 bits per heavy atom. The number of methoxy groups -OCH3 is 1. The molecule has 0 radical (unpaired) electrons. The summed E-state index contributed by atoms with van der Waals surface area (Å²) in [5.41, 5.74) is 3.35. The van der Waals surface area contributed by atoms with E-state index in [1.165, 1.54) is 16.9 Å². The van der Waals surface area contributed by atoms with Crippen LogP contribution in [0.1, 0.15) is 36.0 Å². The highest BCUT2D eigenvalue weighted by Crippen LogP contribution is 2.28. The smallest absolute Gasteiger partial charge is 0.214 e. The molecule has 2 heterocycles. The van der Waals surface area contributed by atoms with Crippen molar-refractivity contribution >= 4 is 16.3 Å². The van der Waals surface area contributed by atoms with Crippen molar-refractivity contribution in [1.82, 2.24) is 14.6 Å². The number of benzene rings is 1. The maximum atomic E-state index is 9.47. The molecule has 2 aromatic heterocycles. The van der Waals surface area contributed by atoms with Gasteiger partial charge in [0.1, 0.15) is 16.8 Å². The van der Waals surface area contributed by atoms with Crippen LogP contribution in [-0.4, -0.2) is 21.7 Å². The first kappa shape index (κ1) is 14.7. The highest BCUT2D eigenvalue weighted by atomic mass is 32.1. The third kappa shape index (κ3) is 2.49. The Bertz CT molecular complexity index is 840. The van der Waals surface area contributed by atoms with Crippen LogP contribution in [0.2, 0.25) is 0 Å². The SMILES string of the molecule is COCc1nn2c(C#N)c(-c3ccc(C(C)C)cc3)nc2s1. The Balaban J connectivity index is 2.07. The van der Waals surface area contributed by atoms with E-state index >= 15 is 0 Å². The molecule has 0 bridgehead atoms. The Hall–Kier alpha value is -2.23. The Morgan fingerprint density at radius 3 is 2.64 bits per heavy atom. The van der Waals surface area contributed by atoms with Crippen LogP contribution < -0.4 is 0 Å². The molecule has 0 unspecified atom stereocenters. The minimum Gasteiger partial charge on any atom is -0.377 e. The van der Waals surface area contributed by atoms with Gasteiger partial charge in [0, 0.05) is 12.7 Å². The molecule has 0 aliphatic carbocycles. The third-order valence-electron chi connectivity index (χ3n) is 3.47. The lowest BCUT2D eigenvalue weighted by Crippen LogP contribution is -1.94. The fraction of sp³-hybridized carbons (Fsp3) is 0.312. The van der Waals surface area contributed by atoms with Crippen molar-refractivity contribution in [2.24, 2.45) is 0 Å². The first-order valence-electron chi connectivity index (χ1n) is 7.02. The zero-order valence-corrected chi connectivity index (χ0v) is 13.5. The van der Waals surface area contributed by atoms with Crippen LogP contribution in [0.15, 0.2) is 24.3 Å². The number of fused-ring (bicyclic) bond motifs is 1. The molecule has 0 spiro atoms. The van der Waals surface area contributed by atoms with E-state index in [-0.39, 0.29) is 0 Å². The number of imidazole rings is 1. The quantitative estimate of drug-likeness (QED) is 0.738. The summed E-state index contributed by atoms with van der Waals surface area (Å²) >= 11 is 1.44. The molecule has 0 fully saturated rings. The summed E-state index contributed by atoms with van der Waals surface area (Å²) in [6, 6.07) is 10.4. The summed E-state index contributed by atoms with van der Waals surface area (Å²) in [4.78, 5) is 5.29. The number of rotatable bonds is 4. The van der Waals surface area contributed by atoms with E-state index in [4.69, 9.17) is 4.74 Å². The Labute approximate surface area is 132 Å². The molecular formula is C16H16N4OS. The monoisotopic (exact) mass is 312 g/mol. The fourth-order valence-corrected chi connectivity index (χ4v) is 3.16. The number of nitriles is 1. The van der Waals surface area contributed by atoms with Crippen LogP contribution in [0.25, 0.3) is 16.2 Å². The van der Waals surface area contributed by atoms with Crippen LogP contribution in [0.5, 0.6) is 0 Å². The van der Waals surface area contributed by atoms with Gasteiger partial charge in [0.05, 0.1) is 6.61 Å². The van der Waals surface area contributed by atoms with Crippen molar-refractivity contribution in [2.45, 2.75) is 26.4 Å². The predicted molar refractivity (Wildman–Crippen MR) is 85.8 cm³/mol. The first-order valence-corrected chi connectivity index (χ1v) is 7.83. The zero-order chi connectivity index (χ0) is 15.7. The lowest BCUT2D eigenvalue weighted by atomic mass is 10.0. The second kappa shape index (κ2) is 5.87. The van der Waals surface area contributed by atoms with Gasteiger partial charge >= 0.3 is 0 Å². The number of ether oxygens (including phenoxy) is 1. The summed E-state index contributed by atoms with van der Waals surface area (Å²) in [6.45, 7) is 4.74. The summed E-state index contributed by atoms with van der Waals surface area (Å²) in [7, 11) is 1.62. The van der Waals surface area contributed by atoms with Gasteiger partial charge in [-0.05, 0) is 11.5 Å². The van der Waals surface area contributed by atoms with Crippen LogP contribution >= 0.6 is 11.3 Å². The molecule has 0 atom stereocenters. The van der Waals surface area contributed by atoms with Gasteiger partial charge in [-0.1, -0.05) is 49.4 Å². The number of hydrogen-bond acceptors (Lipinski definition) is 5. The second-order valence-electron chi connectivity index (χ2n) is 5.32. The molecule has 0 amide bonds. The molecule has 0 aliphatic rings. The van der Waals surface area contributed by atoms with Crippen LogP contribution in [0, 0.1) is 11.3 Å². The van der Waals surface area contributed by atoms with Crippen molar-refractivity contribution in [1.29, 1.82) is 5.26 Å². The molecule has 0 N–H and O–H groups in total. The Kier molecular flexibility index (Phi) is 3.92. The summed E-state index contributed by atoms with van der Waals surface area (Å²) < 4.78 is 6.68. The molecule has 0 saturated heterocycles. The van der Waals surface area contributed by atoms with Crippen LogP contribution in [0.4, 0.5) is 0 Å². The van der Waals surface area contributed by atoms with Gasteiger partial charge in [-0.15, -0.1) is 0 Å². The van der Waals surface area contributed by atoms with E-state index in [0.717, 1.165) is 10.6 Å². The van der Waals surface area contributed by atoms with E-state index in [1.807, 2.05) is 12.1 Å². The number of aromatic nitrogens is 3. The Morgan fingerprint density at radius 2 is 2.05 bits per heavy atom. The molecule has 0 saturated carbocycles. The summed E-state index contributed by atoms with van der Waals surface area (Å²) in [6.07, 6.45) is 0. The van der Waals surface area contributed by atoms with Gasteiger partial charge in [-0.2, -0.15) is 14.9 Å². The fourth-order valence-electron chi connectivity index (χ4n) is 2.30. The average Bonchev–Trinajstić information content (AvgIpc) is 3.04. The average molecular weight is 312 g/mol. The van der Waals surface area contributed by atoms with E-state index in [0.29, 0.717) is 28.9 Å². The van der Waals surface area contributed by atoms with Crippen molar-refractivity contribution in [2.75, 3.05) is 7.11 Å². The summed E-state index contributed by atoms with van der Waals surface area (Å²) in [5.74, 6) is 0.480. The van der Waals surface area contributed by atoms with E-state index in [9.17, 15) is 5.26 Å². The van der Waals surface area contributed by atoms with Crippen molar-refractivity contribution in [3.63, 3.8) is 0 Å². The van der Waals surface area contributed by atoms with E-state index < -0.39 is 0 Å². The predicted octanol–water partition coefficient (Wildman–Crippen LogP) is 3.60. The second-order valence-corrected chi connectivity index (χ2v) is 6.36. The number of hydrogen-bond donors (Lipinski definition) is 0. The van der Waals surface area contributed by atoms with Gasteiger partial charge < -0.3 is 4.74 Å². The van der Waals surface area contributed by atoms with E-state index in [2.05, 4.69) is 42.1 Å². The molecule has 5 nitrogen and oxygen atoms in total. The number of nitrogens with zero attached hydrogens (tertiary/aromatic N) is 4. The molecule has 6 heteroatoms. The topological polar surface area (TPSA) is 63.2 Å². The molecule has 22 heavy (non-hydrogen) atoms. The first-order chi connectivity index (χ1) is 10.6. The summed E-state index contributed by atoms with van der Waals surface area (Å²) in [5, 5.41) is 14.7. The molecule has 0 aliphatic heterocycles. The zero-order valence-electron chi connectivity index (χ0n) is 12.7. The van der Waals surface area contributed by atoms with Crippen molar-refractivity contribution in [3.05, 3.63) is 40.5 Å². The lowest BCUT2D eigenvalue weighted by molar-refractivity contribution is 0.183. The molecule has 3 aromatic rings. The van der Waals surface area contributed by atoms with Gasteiger partial charge in [0.15, 0.2) is 5.69 Å². The van der Waals surface area contributed by atoms with E-state index in [1.54, 1.807) is 11.6 Å². The highest BCUT2D eigenvalue weighted by Gasteiger charge is 2.17. The molecular weight excluding hydrogens is 296 g/mol. The minimum atomic E-state index is 0.428. The van der Waals surface area contributed by atoms with Gasteiger partial charge in [-0.3, -0.25) is 0 Å². The normalized spacial score (nSPS) is 11.2. The van der Waals surface area contributed by atoms with Crippen molar-refractivity contribution in [3.8, 4) is 17.3 Å². The molecule has 112 valence electrons. The van der Waals surface area contributed by atoms with Gasteiger partial charge in [-0.25, -0.2) is 4.98 Å². The minimum absolute atomic E-state index is 0.428. The maximum absolute atomic E-state index is 9.47. The maximum Gasteiger partial charge on any atom is 0.214 e. The largest absolute Gasteiger partial charge is 0.377 e.